The molecule has 3 rings (SSSR count). The molecule has 0 radical (unpaired) electrons. The number of carbonyl (C=O) groups excluding carboxylic acids is 1. The fourth-order valence-electron chi connectivity index (χ4n) is 2.48. The molecule has 0 saturated heterocycles. The average Bonchev–Trinajstić information content (AvgIpc) is 2.53. The van der Waals surface area contributed by atoms with Gasteiger partial charge in [-0.2, -0.15) is 0 Å². The fraction of sp³-hybridized carbons (Fsp3) is 0.158. The van der Waals surface area contributed by atoms with Gasteiger partial charge in [-0.05, 0) is 47.9 Å². The third kappa shape index (κ3) is 3.88. The highest BCUT2D eigenvalue weighted by atomic mass is 35.5. The van der Waals surface area contributed by atoms with E-state index in [4.69, 9.17) is 16.3 Å². The average molecular weight is 326 g/mol. The van der Waals surface area contributed by atoms with Crippen molar-refractivity contribution in [3.63, 3.8) is 0 Å². The third-order valence-electron chi connectivity index (χ3n) is 3.61. The number of aryl methyl sites for hydroxylation is 1. The number of hydrogen-bond acceptors (Lipinski definition) is 3. The Hall–Kier alpha value is -2.39. The van der Waals surface area contributed by atoms with Crippen LogP contribution in [0.2, 0.25) is 0 Å². The van der Waals surface area contributed by atoms with Crippen molar-refractivity contribution in [1.29, 1.82) is 0 Å². The third-order valence-corrected chi connectivity index (χ3v) is 3.75. The lowest BCUT2D eigenvalue weighted by atomic mass is 10.1. The number of hydrogen-bond donors (Lipinski definition) is 0. The van der Waals surface area contributed by atoms with Gasteiger partial charge in [0.05, 0.1) is 11.2 Å². The second kappa shape index (κ2) is 6.80. The minimum atomic E-state index is -0.363. The molecule has 0 spiro atoms. The van der Waals surface area contributed by atoms with Crippen LogP contribution in [0, 0.1) is 6.92 Å². The summed E-state index contributed by atoms with van der Waals surface area (Å²) in [6.45, 7) is 2.35. The normalized spacial score (nSPS) is 10.7. The Morgan fingerprint density at radius 3 is 2.74 bits per heavy atom. The van der Waals surface area contributed by atoms with E-state index in [0.29, 0.717) is 6.61 Å². The zero-order valence-corrected chi connectivity index (χ0v) is 13.5. The zero-order chi connectivity index (χ0) is 16.2. The van der Waals surface area contributed by atoms with E-state index in [1.165, 1.54) is 0 Å². The lowest BCUT2D eigenvalue weighted by molar-refractivity contribution is -0.111. The largest absolute Gasteiger partial charge is 0.487 e. The summed E-state index contributed by atoms with van der Waals surface area (Å²) >= 11 is 5.41. The molecule has 0 fully saturated rings. The van der Waals surface area contributed by atoms with Gasteiger partial charge in [-0.15, -0.1) is 0 Å². The summed E-state index contributed by atoms with van der Waals surface area (Å²) < 4.78 is 5.85. The molecule has 116 valence electrons. The number of carbonyl (C=O) groups is 1. The molecule has 0 unspecified atom stereocenters. The van der Waals surface area contributed by atoms with Crippen LogP contribution in [0.4, 0.5) is 0 Å². The molecule has 0 saturated carbocycles. The predicted octanol–water partition coefficient (Wildman–Crippen LogP) is 4.43. The molecule has 0 atom stereocenters. The van der Waals surface area contributed by atoms with Crippen molar-refractivity contribution in [3.8, 4) is 5.75 Å². The molecule has 4 heteroatoms. The Balaban J connectivity index is 1.72. The number of pyridine rings is 1. The lowest BCUT2D eigenvalue weighted by Gasteiger charge is -2.10. The monoisotopic (exact) mass is 325 g/mol. The van der Waals surface area contributed by atoms with Crippen LogP contribution in [0.3, 0.4) is 0 Å². The number of rotatable bonds is 5. The lowest BCUT2D eigenvalue weighted by Crippen LogP contribution is -2.01. The van der Waals surface area contributed by atoms with Crippen molar-refractivity contribution in [2.75, 3.05) is 0 Å². The molecule has 3 aromatic rings. The van der Waals surface area contributed by atoms with Gasteiger partial charge < -0.3 is 4.74 Å². The molecular weight excluding hydrogens is 310 g/mol. The summed E-state index contributed by atoms with van der Waals surface area (Å²) in [6, 6.07) is 17.7. The topological polar surface area (TPSA) is 39.2 Å². The van der Waals surface area contributed by atoms with E-state index < -0.39 is 0 Å². The van der Waals surface area contributed by atoms with Crippen LogP contribution in [0.5, 0.6) is 5.75 Å². The Morgan fingerprint density at radius 2 is 1.96 bits per heavy atom. The molecular formula is C19H16ClNO2. The molecule has 2 aromatic carbocycles. The predicted molar refractivity (Wildman–Crippen MR) is 91.8 cm³/mol. The van der Waals surface area contributed by atoms with Crippen LogP contribution in [-0.4, -0.2) is 10.2 Å². The van der Waals surface area contributed by atoms with E-state index in [9.17, 15) is 4.79 Å². The first kappa shape index (κ1) is 15.5. The second-order valence-corrected chi connectivity index (χ2v) is 5.84. The molecule has 0 N–H and O–H groups in total. The van der Waals surface area contributed by atoms with Gasteiger partial charge >= 0.3 is 0 Å². The van der Waals surface area contributed by atoms with Crippen LogP contribution in [0.25, 0.3) is 10.9 Å². The van der Waals surface area contributed by atoms with Crippen LogP contribution >= 0.6 is 11.6 Å². The maximum absolute atomic E-state index is 11.0. The molecule has 23 heavy (non-hydrogen) atoms. The van der Waals surface area contributed by atoms with Crippen LogP contribution in [0.15, 0.2) is 54.6 Å². The van der Waals surface area contributed by atoms with Crippen molar-refractivity contribution in [2.24, 2.45) is 0 Å². The van der Waals surface area contributed by atoms with Crippen molar-refractivity contribution < 1.29 is 9.53 Å². The van der Waals surface area contributed by atoms with Crippen molar-refractivity contribution in [2.45, 2.75) is 20.0 Å². The van der Waals surface area contributed by atoms with E-state index >= 15 is 0 Å². The first-order valence-corrected chi connectivity index (χ1v) is 7.75. The maximum atomic E-state index is 11.0. The number of benzene rings is 2. The summed E-state index contributed by atoms with van der Waals surface area (Å²) in [5, 5.41) is 0.751. The van der Waals surface area contributed by atoms with Crippen LogP contribution in [-0.2, 0) is 17.8 Å². The summed E-state index contributed by atoms with van der Waals surface area (Å²) in [5.41, 5.74) is 3.70. The molecule has 1 aromatic heterocycles. The maximum Gasteiger partial charge on any atom is 0.226 e. The van der Waals surface area contributed by atoms with E-state index in [1.807, 2.05) is 61.5 Å². The zero-order valence-electron chi connectivity index (χ0n) is 12.8. The van der Waals surface area contributed by atoms with Gasteiger partial charge in [0.15, 0.2) is 0 Å². The summed E-state index contributed by atoms with van der Waals surface area (Å²) in [5.74, 6) is 0.783. The van der Waals surface area contributed by atoms with Gasteiger partial charge in [0.25, 0.3) is 0 Å². The number of fused-ring (bicyclic) bond motifs is 1. The van der Waals surface area contributed by atoms with Gasteiger partial charge in [0, 0.05) is 11.8 Å². The van der Waals surface area contributed by atoms with Gasteiger partial charge in [-0.3, -0.25) is 4.79 Å². The summed E-state index contributed by atoms with van der Waals surface area (Å²) in [6.07, 6.45) is 0.231. The molecule has 0 bridgehead atoms. The van der Waals surface area contributed by atoms with Crippen molar-refractivity contribution in [3.05, 3.63) is 71.4 Å². The highest BCUT2D eigenvalue weighted by molar-refractivity contribution is 6.63. The Bertz CT molecular complexity index is 861. The SMILES string of the molecule is Cc1cc(CC(=O)Cl)ccc1OCc1ccc2ccccc2n1. The number of nitrogens with zero attached hydrogens (tertiary/aromatic N) is 1. The van der Waals surface area contributed by atoms with Crippen LogP contribution in [0.1, 0.15) is 16.8 Å². The molecule has 0 aliphatic carbocycles. The minimum Gasteiger partial charge on any atom is -0.487 e. The van der Waals surface area contributed by atoms with E-state index in [0.717, 1.165) is 33.5 Å². The Kier molecular flexibility index (Phi) is 4.58. The number of ether oxygens (including phenoxy) is 1. The van der Waals surface area contributed by atoms with E-state index in [-0.39, 0.29) is 11.7 Å². The highest BCUT2D eigenvalue weighted by Gasteiger charge is 2.05. The van der Waals surface area contributed by atoms with E-state index in [1.54, 1.807) is 0 Å². The molecule has 1 heterocycles. The second-order valence-electron chi connectivity index (χ2n) is 5.42. The Morgan fingerprint density at radius 1 is 1.13 bits per heavy atom. The number of para-hydroxylation sites is 1. The van der Waals surface area contributed by atoms with Crippen LogP contribution < -0.4 is 4.74 Å². The smallest absolute Gasteiger partial charge is 0.226 e. The standard InChI is InChI=1S/C19H16ClNO2/c1-13-10-14(11-19(20)22)6-9-18(13)23-12-16-8-7-15-4-2-3-5-17(15)21-16/h2-10H,11-12H2,1H3. The molecule has 0 aliphatic rings. The van der Waals surface area contributed by atoms with Gasteiger partial charge in [0.2, 0.25) is 5.24 Å². The highest BCUT2D eigenvalue weighted by Crippen LogP contribution is 2.21. The quantitative estimate of drug-likeness (QED) is 0.651. The first-order valence-electron chi connectivity index (χ1n) is 7.37. The molecule has 0 aliphatic heterocycles. The Labute approximate surface area is 139 Å². The molecule has 3 nitrogen and oxygen atoms in total. The van der Waals surface area contributed by atoms with Gasteiger partial charge in [0.1, 0.15) is 12.4 Å². The minimum absolute atomic E-state index is 0.231. The fourth-order valence-corrected chi connectivity index (χ4v) is 2.64. The summed E-state index contributed by atoms with van der Waals surface area (Å²) in [7, 11) is 0. The summed E-state index contributed by atoms with van der Waals surface area (Å²) in [4.78, 5) is 15.5. The van der Waals surface area contributed by atoms with E-state index in [2.05, 4.69) is 4.98 Å². The molecule has 0 amide bonds. The number of halogens is 1. The number of aromatic nitrogens is 1. The van der Waals surface area contributed by atoms with Gasteiger partial charge in [-0.1, -0.05) is 36.4 Å². The van der Waals surface area contributed by atoms with Crippen molar-refractivity contribution in [1.82, 2.24) is 4.98 Å². The van der Waals surface area contributed by atoms with Crippen molar-refractivity contribution >= 4 is 27.7 Å². The van der Waals surface area contributed by atoms with Gasteiger partial charge in [-0.25, -0.2) is 4.98 Å². The first-order chi connectivity index (χ1) is 11.1.